The number of fused-ring (bicyclic) bond motifs is 4. The average Bonchev–Trinajstić information content (AvgIpc) is 3.21. The molecule has 0 spiro atoms. The van der Waals surface area contributed by atoms with Gasteiger partial charge in [-0.25, -0.2) is 0 Å². The number of hydrogen-bond acceptors (Lipinski definition) is 10. The summed E-state index contributed by atoms with van der Waals surface area (Å²) in [4.78, 5) is 21.2. The van der Waals surface area contributed by atoms with Crippen LogP contribution in [0, 0.1) is 25.6 Å². The highest BCUT2D eigenvalue weighted by Crippen LogP contribution is 2.43. The quantitative estimate of drug-likeness (QED) is 0.395. The first-order valence-electron chi connectivity index (χ1n) is 11.4. The van der Waals surface area contributed by atoms with Crippen molar-refractivity contribution in [3.05, 3.63) is 61.9 Å². The van der Waals surface area contributed by atoms with E-state index in [1.54, 1.807) is 6.07 Å². The van der Waals surface area contributed by atoms with Gasteiger partial charge in [0.25, 0.3) is 5.69 Å². The van der Waals surface area contributed by atoms with Gasteiger partial charge in [-0.1, -0.05) is 13.8 Å². The van der Waals surface area contributed by atoms with Crippen molar-refractivity contribution in [2.45, 2.75) is 26.7 Å². The van der Waals surface area contributed by atoms with Crippen LogP contribution in [0.4, 0.5) is 17.1 Å². The van der Waals surface area contributed by atoms with E-state index in [0.29, 0.717) is 62.1 Å². The van der Waals surface area contributed by atoms with Crippen LogP contribution in [0.1, 0.15) is 31.6 Å². The van der Waals surface area contributed by atoms with Crippen LogP contribution in [0.2, 0.25) is 0 Å². The summed E-state index contributed by atoms with van der Waals surface area (Å²) in [6.07, 6.45) is 1.25. The van der Waals surface area contributed by atoms with Gasteiger partial charge in [-0.3, -0.25) is 25.7 Å². The van der Waals surface area contributed by atoms with Crippen LogP contribution < -0.4 is 14.9 Å². The summed E-state index contributed by atoms with van der Waals surface area (Å²) < 4.78 is 23.4. The van der Waals surface area contributed by atoms with E-state index in [1.165, 1.54) is 12.1 Å². The van der Waals surface area contributed by atoms with Gasteiger partial charge >= 0.3 is 5.69 Å². The number of nitrogens with one attached hydrogen (secondary N) is 1. The number of benzene rings is 2. The van der Waals surface area contributed by atoms with Crippen molar-refractivity contribution in [3.8, 4) is 11.5 Å². The normalized spacial score (nSPS) is 18.1. The molecule has 0 saturated carbocycles. The van der Waals surface area contributed by atoms with Crippen molar-refractivity contribution < 1.29 is 28.5 Å². The van der Waals surface area contributed by atoms with E-state index in [2.05, 4.69) is 24.4 Å². The molecule has 0 amide bonds. The van der Waals surface area contributed by atoms with Gasteiger partial charge in [0.1, 0.15) is 30.2 Å². The van der Waals surface area contributed by atoms with Gasteiger partial charge < -0.3 is 18.6 Å². The predicted molar refractivity (Wildman–Crippen MR) is 130 cm³/mol. The van der Waals surface area contributed by atoms with E-state index in [-0.39, 0.29) is 16.8 Å². The molecule has 0 fully saturated rings. The molecule has 1 aliphatic heterocycles. The molecule has 2 heterocycles. The number of nitro benzene ring substituents is 2. The molecule has 0 radical (unpaired) electrons. The third-order valence-electron chi connectivity index (χ3n) is 6.07. The van der Waals surface area contributed by atoms with Crippen LogP contribution in [-0.4, -0.2) is 42.0 Å². The maximum absolute atomic E-state index is 11.5. The van der Waals surface area contributed by atoms with Crippen LogP contribution in [0.3, 0.4) is 0 Å². The Balaban J connectivity index is 1.58. The highest BCUT2D eigenvalue weighted by molar-refractivity contribution is 6.13. The van der Waals surface area contributed by atoms with Gasteiger partial charge in [0.15, 0.2) is 11.5 Å². The molecule has 1 aromatic heterocycles. The third-order valence-corrected chi connectivity index (χ3v) is 6.07. The maximum atomic E-state index is 11.5. The number of hydrazone groups is 1. The summed E-state index contributed by atoms with van der Waals surface area (Å²) in [7, 11) is 0. The van der Waals surface area contributed by atoms with Crippen molar-refractivity contribution in [2.24, 2.45) is 10.5 Å². The van der Waals surface area contributed by atoms with Crippen molar-refractivity contribution in [2.75, 3.05) is 31.9 Å². The molecular weight excluding hydrogens is 472 g/mol. The molecule has 36 heavy (non-hydrogen) atoms. The van der Waals surface area contributed by atoms with E-state index in [9.17, 15) is 20.2 Å². The van der Waals surface area contributed by atoms with E-state index in [4.69, 9.17) is 18.6 Å². The Hall–Kier alpha value is -4.19. The molecule has 2 aliphatic rings. The van der Waals surface area contributed by atoms with Gasteiger partial charge in [-0.2, -0.15) is 5.10 Å². The number of ether oxygens (including phenoxy) is 3. The fourth-order valence-electron chi connectivity index (χ4n) is 4.49. The predicted octanol–water partition coefficient (Wildman–Crippen LogP) is 4.83. The van der Waals surface area contributed by atoms with Crippen LogP contribution in [0.15, 0.2) is 39.9 Å². The van der Waals surface area contributed by atoms with Crippen LogP contribution >= 0.6 is 0 Å². The lowest BCUT2D eigenvalue weighted by atomic mass is 9.75. The summed E-state index contributed by atoms with van der Waals surface area (Å²) in [6.45, 7) is 5.84. The van der Waals surface area contributed by atoms with Gasteiger partial charge in [-0.15, -0.1) is 0 Å². The summed E-state index contributed by atoms with van der Waals surface area (Å²) in [6, 6.07) is 7.05. The number of nitro groups is 2. The van der Waals surface area contributed by atoms with E-state index >= 15 is 0 Å². The topological polar surface area (TPSA) is 152 Å². The molecule has 3 aromatic rings. The second-order valence-electron chi connectivity index (χ2n) is 9.41. The van der Waals surface area contributed by atoms with Gasteiger partial charge in [0, 0.05) is 29.5 Å². The highest BCUT2D eigenvalue weighted by atomic mass is 16.6. The minimum absolute atomic E-state index is 0.0499. The maximum Gasteiger partial charge on any atom is 0.301 e. The molecule has 12 nitrogen and oxygen atoms in total. The molecule has 188 valence electrons. The molecule has 0 saturated heterocycles. The zero-order valence-corrected chi connectivity index (χ0v) is 19.7. The number of hydrogen-bond donors (Lipinski definition) is 1. The van der Waals surface area contributed by atoms with Crippen molar-refractivity contribution >= 4 is 33.7 Å². The lowest BCUT2D eigenvalue weighted by Gasteiger charge is -2.29. The van der Waals surface area contributed by atoms with Crippen LogP contribution in [0.25, 0.3) is 11.0 Å². The second kappa shape index (κ2) is 9.11. The van der Waals surface area contributed by atoms with Gasteiger partial charge in [-0.05, 0) is 24.0 Å². The number of furan rings is 1. The molecule has 2 aromatic carbocycles. The smallest absolute Gasteiger partial charge is 0.301 e. The van der Waals surface area contributed by atoms with E-state index in [1.807, 2.05) is 6.07 Å². The molecule has 0 atom stereocenters. The Morgan fingerprint density at radius 2 is 1.67 bits per heavy atom. The molecule has 12 heteroatoms. The Labute approximate surface area is 205 Å². The second-order valence-corrected chi connectivity index (χ2v) is 9.41. The van der Waals surface area contributed by atoms with Crippen molar-refractivity contribution in [1.29, 1.82) is 0 Å². The lowest BCUT2D eigenvalue weighted by Crippen LogP contribution is -2.27. The fourth-order valence-corrected chi connectivity index (χ4v) is 4.49. The Morgan fingerprint density at radius 3 is 2.36 bits per heavy atom. The minimum atomic E-state index is -0.680. The molecule has 0 bridgehead atoms. The van der Waals surface area contributed by atoms with Gasteiger partial charge in [0.05, 0.1) is 34.8 Å². The Morgan fingerprint density at radius 1 is 0.944 bits per heavy atom. The Kier molecular flexibility index (Phi) is 5.96. The number of rotatable bonds is 4. The van der Waals surface area contributed by atoms with Crippen LogP contribution in [-0.2, 0) is 11.2 Å². The van der Waals surface area contributed by atoms with Gasteiger partial charge in [0.2, 0.25) is 0 Å². The summed E-state index contributed by atoms with van der Waals surface area (Å²) >= 11 is 0. The number of non-ortho nitro benzene ring substituents is 1. The molecule has 0 unspecified atom stereocenters. The average molecular weight is 496 g/mol. The molecule has 1 aliphatic carbocycles. The molecule has 1 N–H and O–H groups in total. The first-order valence-corrected chi connectivity index (χ1v) is 11.4. The molecule has 5 rings (SSSR count). The van der Waals surface area contributed by atoms with E-state index in [0.717, 1.165) is 22.8 Å². The first-order chi connectivity index (χ1) is 17.2. The zero-order chi connectivity index (χ0) is 25.4. The SMILES string of the molecule is CC1(C)C/C(=N/Nc2ccc([N+](=O)[O-])cc2[N+](=O)[O-])c2c(oc3cc4c(cc23)OCCOCCO4)C1. The first kappa shape index (κ1) is 23.5. The Bertz CT molecular complexity index is 1390. The lowest BCUT2D eigenvalue weighted by molar-refractivity contribution is -0.393. The standard InChI is InChI=1S/C24H24N4O8/c1-24(2)12-17(26-25-16-4-3-14(27(29)30)9-18(16)28(31)32)23-15-10-20-21(11-19(15)36-22(23)13-24)35-8-6-33-5-7-34-20/h3-4,9-11,25H,5-8,12-13H2,1-2H3/b26-17-. The minimum Gasteiger partial charge on any atom is -0.487 e. The van der Waals surface area contributed by atoms with E-state index < -0.39 is 15.5 Å². The zero-order valence-electron chi connectivity index (χ0n) is 19.7. The largest absolute Gasteiger partial charge is 0.487 e. The highest BCUT2D eigenvalue weighted by Gasteiger charge is 2.35. The van der Waals surface area contributed by atoms with Crippen molar-refractivity contribution in [3.63, 3.8) is 0 Å². The number of nitrogens with zero attached hydrogens (tertiary/aromatic N) is 3. The van der Waals surface area contributed by atoms with Crippen molar-refractivity contribution in [1.82, 2.24) is 0 Å². The fraction of sp³-hybridized carbons (Fsp3) is 0.375. The number of anilines is 1. The third kappa shape index (κ3) is 4.54. The summed E-state index contributed by atoms with van der Waals surface area (Å²) in [5, 5.41) is 27.9. The summed E-state index contributed by atoms with van der Waals surface area (Å²) in [5.74, 6) is 1.88. The molecular formula is C24H24N4O8. The van der Waals surface area contributed by atoms with Crippen LogP contribution in [0.5, 0.6) is 11.5 Å². The monoisotopic (exact) mass is 496 g/mol. The summed E-state index contributed by atoms with van der Waals surface area (Å²) in [5.41, 5.74) is 3.89.